The zero-order valence-corrected chi connectivity index (χ0v) is 17.6. The lowest BCUT2D eigenvalue weighted by Gasteiger charge is -2.25. The summed E-state index contributed by atoms with van der Waals surface area (Å²) < 4.78 is 7.70. The smallest absolute Gasteiger partial charge is 0.323 e. The van der Waals surface area contributed by atoms with Gasteiger partial charge >= 0.3 is 5.69 Å². The van der Waals surface area contributed by atoms with Crippen molar-refractivity contribution in [1.29, 1.82) is 0 Å². The minimum Gasteiger partial charge on any atom is -0.461 e. The van der Waals surface area contributed by atoms with E-state index in [9.17, 15) is 9.59 Å². The molecule has 0 unspecified atom stereocenters. The second-order valence-corrected chi connectivity index (χ2v) is 8.56. The molecule has 5 rings (SSSR count). The van der Waals surface area contributed by atoms with Gasteiger partial charge in [-0.05, 0) is 43.2 Å². The van der Waals surface area contributed by atoms with Gasteiger partial charge in [0.1, 0.15) is 0 Å². The Balaban J connectivity index is 1.32. The third-order valence-corrected chi connectivity index (χ3v) is 6.42. The highest BCUT2D eigenvalue weighted by Gasteiger charge is 2.25. The standard InChI is InChI=1S/C21H22N6O3S/c28-18(22-13-8-9-15-16(11-13)24-20(29)23-15)12-31-21-26-25-19(17-7-4-10-30-17)27(21)14-5-2-1-3-6-14/h4,7-11,14H,1-3,5-6,12H2,(H,22,28)(H2,23,24,29). The Hall–Kier alpha value is -3.27. The predicted molar refractivity (Wildman–Crippen MR) is 118 cm³/mol. The van der Waals surface area contributed by atoms with Crippen molar-refractivity contribution in [3.63, 3.8) is 0 Å². The molecule has 10 heteroatoms. The summed E-state index contributed by atoms with van der Waals surface area (Å²) in [4.78, 5) is 29.3. The number of rotatable bonds is 6. The fraction of sp³-hybridized carbons (Fsp3) is 0.333. The summed E-state index contributed by atoms with van der Waals surface area (Å²) in [5.74, 6) is 1.44. The van der Waals surface area contributed by atoms with Crippen LogP contribution in [0.5, 0.6) is 0 Å². The van der Waals surface area contributed by atoms with Crippen molar-refractivity contribution in [3.05, 3.63) is 47.1 Å². The van der Waals surface area contributed by atoms with E-state index >= 15 is 0 Å². The molecule has 0 spiro atoms. The number of hydrogen-bond donors (Lipinski definition) is 3. The van der Waals surface area contributed by atoms with Crippen molar-refractivity contribution in [3.8, 4) is 11.6 Å². The first-order chi connectivity index (χ1) is 15.2. The third kappa shape index (κ3) is 4.15. The van der Waals surface area contributed by atoms with Gasteiger partial charge in [0.15, 0.2) is 10.9 Å². The lowest BCUT2D eigenvalue weighted by Crippen LogP contribution is -2.17. The number of benzene rings is 1. The highest BCUT2D eigenvalue weighted by molar-refractivity contribution is 7.99. The molecule has 160 valence electrons. The first kappa shape index (κ1) is 19.7. The molecule has 1 aliphatic rings. The first-order valence-corrected chi connectivity index (χ1v) is 11.3. The van der Waals surface area contributed by atoms with Crippen LogP contribution >= 0.6 is 11.8 Å². The van der Waals surface area contributed by atoms with E-state index in [2.05, 4.69) is 30.0 Å². The number of nitrogens with zero attached hydrogens (tertiary/aromatic N) is 3. The molecule has 1 aliphatic carbocycles. The number of aromatic amines is 2. The fourth-order valence-electron chi connectivity index (χ4n) is 4.06. The number of furan rings is 1. The van der Waals surface area contributed by atoms with E-state index in [1.807, 2.05) is 12.1 Å². The number of aromatic nitrogens is 5. The molecule has 3 aromatic heterocycles. The Morgan fingerprint density at radius 1 is 1.16 bits per heavy atom. The van der Waals surface area contributed by atoms with Crippen LogP contribution in [0.4, 0.5) is 5.69 Å². The van der Waals surface area contributed by atoms with Crippen LogP contribution in [-0.4, -0.2) is 36.4 Å². The van der Waals surface area contributed by atoms with Gasteiger partial charge in [0.05, 0.1) is 23.0 Å². The van der Waals surface area contributed by atoms with Crippen LogP contribution in [0, 0.1) is 0 Å². The maximum Gasteiger partial charge on any atom is 0.323 e. The number of nitrogens with one attached hydrogen (secondary N) is 3. The van der Waals surface area contributed by atoms with Gasteiger partial charge in [-0.15, -0.1) is 10.2 Å². The normalized spacial score (nSPS) is 14.8. The van der Waals surface area contributed by atoms with Crippen molar-refractivity contribution in [2.75, 3.05) is 11.1 Å². The lowest BCUT2D eigenvalue weighted by molar-refractivity contribution is -0.113. The van der Waals surface area contributed by atoms with E-state index in [-0.39, 0.29) is 17.3 Å². The molecule has 0 atom stereocenters. The van der Waals surface area contributed by atoms with Gasteiger partial charge in [0.2, 0.25) is 11.7 Å². The van der Waals surface area contributed by atoms with Crippen molar-refractivity contribution in [2.24, 2.45) is 0 Å². The molecule has 9 nitrogen and oxygen atoms in total. The van der Waals surface area contributed by atoms with E-state index in [0.29, 0.717) is 34.3 Å². The summed E-state index contributed by atoms with van der Waals surface area (Å²) in [6.07, 6.45) is 7.37. The molecule has 1 amide bonds. The second kappa shape index (κ2) is 8.46. The lowest BCUT2D eigenvalue weighted by atomic mass is 9.95. The third-order valence-electron chi connectivity index (χ3n) is 5.48. The maximum absolute atomic E-state index is 12.6. The van der Waals surface area contributed by atoms with Crippen LogP contribution in [-0.2, 0) is 4.79 Å². The van der Waals surface area contributed by atoms with Gasteiger partial charge in [0, 0.05) is 11.7 Å². The fourth-order valence-corrected chi connectivity index (χ4v) is 4.86. The Morgan fingerprint density at radius 3 is 2.81 bits per heavy atom. The van der Waals surface area contributed by atoms with Crippen LogP contribution < -0.4 is 11.0 Å². The minimum atomic E-state index is -0.275. The molecular weight excluding hydrogens is 416 g/mol. The highest BCUT2D eigenvalue weighted by atomic mass is 32.2. The molecule has 4 aromatic rings. The average Bonchev–Trinajstić information content (AvgIpc) is 3.51. The van der Waals surface area contributed by atoms with Gasteiger partial charge in [-0.1, -0.05) is 31.0 Å². The zero-order chi connectivity index (χ0) is 21.2. The molecule has 3 N–H and O–H groups in total. The monoisotopic (exact) mass is 438 g/mol. The van der Waals surface area contributed by atoms with Crippen LogP contribution in [0.2, 0.25) is 0 Å². The minimum absolute atomic E-state index is 0.153. The van der Waals surface area contributed by atoms with Gasteiger partial charge in [0.25, 0.3) is 0 Å². The Labute approximate surface area is 181 Å². The molecule has 0 saturated heterocycles. The second-order valence-electron chi connectivity index (χ2n) is 7.62. The SMILES string of the molecule is O=C(CSc1nnc(-c2ccco2)n1C1CCCCC1)Nc1ccc2[nH]c(=O)[nH]c2c1. The van der Waals surface area contributed by atoms with E-state index in [1.165, 1.54) is 31.0 Å². The van der Waals surface area contributed by atoms with Gasteiger partial charge < -0.3 is 19.7 Å². The van der Waals surface area contributed by atoms with Crippen LogP contribution in [0.1, 0.15) is 38.1 Å². The number of carbonyl (C=O) groups is 1. The van der Waals surface area contributed by atoms with Crippen molar-refractivity contribution >= 4 is 34.4 Å². The molecule has 1 aromatic carbocycles. The number of hydrogen-bond acceptors (Lipinski definition) is 6. The summed E-state index contributed by atoms with van der Waals surface area (Å²) in [7, 11) is 0. The molecule has 31 heavy (non-hydrogen) atoms. The number of H-pyrrole nitrogens is 2. The van der Waals surface area contributed by atoms with Gasteiger partial charge in [-0.3, -0.25) is 9.36 Å². The van der Waals surface area contributed by atoms with E-state index in [0.717, 1.165) is 18.0 Å². The number of carbonyl (C=O) groups excluding carboxylic acids is 1. The van der Waals surface area contributed by atoms with Crippen molar-refractivity contribution in [1.82, 2.24) is 24.7 Å². The van der Waals surface area contributed by atoms with E-state index in [4.69, 9.17) is 4.42 Å². The number of anilines is 1. The Bertz CT molecular complexity index is 1250. The summed E-state index contributed by atoms with van der Waals surface area (Å²) in [6, 6.07) is 9.27. The zero-order valence-electron chi connectivity index (χ0n) is 16.8. The first-order valence-electron chi connectivity index (χ1n) is 10.3. The summed E-state index contributed by atoms with van der Waals surface area (Å²) in [5.41, 5.74) is 1.70. The molecular formula is C21H22N6O3S. The molecule has 0 bridgehead atoms. The topological polar surface area (TPSA) is 122 Å². The van der Waals surface area contributed by atoms with E-state index in [1.54, 1.807) is 24.5 Å². The van der Waals surface area contributed by atoms with Crippen LogP contribution in [0.3, 0.4) is 0 Å². The number of thioether (sulfide) groups is 1. The van der Waals surface area contributed by atoms with Gasteiger partial charge in [-0.2, -0.15) is 0 Å². The van der Waals surface area contributed by atoms with Crippen molar-refractivity contribution < 1.29 is 9.21 Å². The quantitative estimate of drug-likeness (QED) is 0.392. The molecule has 1 saturated carbocycles. The van der Waals surface area contributed by atoms with Crippen LogP contribution in [0.25, 0.3) is 22.6 Å². The predicted octanol–water partition coefficient (Wildman–Crippen LogP) is 3.94. The summed E-state index contributed by atoms with van der Waals surface area (Å²) in [5, 5.41) is 12.3. The maximum atomic E-state index is 12.6. The molecule has 0 aliphatic heterocycles. The Kier molecular flexibility index (Phi) is 5.37. The number of amides is 1. The number of fused-ring (bicyclic) bond motifs is 1. The molecule has 1 fully saturated rings. The molecule has 3 heterocycles. The largest absolute Gasteiger partial charge is 0.461 e. The highest BCUT2D eigenvalue weighted by Crippen LogP contribution is 2.35. The average molecular weight is 439 g/mol. The Morgan fingerprint density at radius 2 is 2.00 bits per heavy atom. The van der Waals surface area contributed by atoms with E-state index < -0.39 is 0 Å². The number of imidazole rings is 1. The van der Waals surface area contributed by atoms with Crippen LogP contribution in [0.15, 0.2) is 51.0 Å². The van der Waals surface area contributed by atoms with Crippen molar-refractivity contribution in [2.45, 2.75) is 43.3 Å². The summed E-state index contributed by atoms with van der Waals surface area (Å²) in [6.45, 7) is 0. The molecule has 0 radical (unpaired) electrons. The van der Waals surface area contributed by atoms with Gasteiger partial charge in [-0.25, -0.2) is 4.79 Å². The summed E-state index contributed by atoms with van der Waals surface area (Å²) >= 11 is 1.37.